The molecule has 0 fully saturated rings. The highest BCUT2D eigenvalue weighted by molar-refractivity contribution is 5.77. The number of amides is 1. The van der Waals surface area contributed by atoms with E-state index in [1.54, 1.807) is 11.9 Å². The zero-order valence-corrected chi connectivity index (χ0v) is 9.36. The zero-order valence-electron chi connectivity index (χ0n) is 9.36. The van der Waals surface area contributed by atoms with Crippen LogP contribution in [0.15, 0.2) is 24.3 Å². The molecule has 0 spiro atoms. The second-order valence-corrected chi connectivity index (χ2v) is 3.70. The van der Waals surface area contributed by atoms with E-state index >= 15 is 0 Å². The van der Waals surface area contributed by atoms with E-state index in [9.17, 15) is 4.79 Å². The summed E-state index contributed by atoms with van der Waals surface area (Å²) in [4.78, 5) is 12.9. The number of nitrogens with two attached hydrogens (primary N) is 1. The Balaban J connectivity index is 2.50. The zero-order chi connectivity index (χ0) is 11.3. The molecule has 1 amide bonds. The molecule has 1 rings (SSSR count). The molecule has 3 nitrogen and oxygen atoms in total. The second-order valence-electron chi connectivity index (χ2n) is 3.70. The average molecular weight is 206 g/mol. The lowest BCUT2D eigenvalue weighted by molar-refractivity contribution is -0.128. The molecule has 0 radical (unpaired) electrons. The quantitative estimate of drug-likeness (QED) is 0.797. The summed E-state index contributed by atoms with van der Waals surface area (Å²) in [5, 5.41) is 0. The number of carbonyl (C=O) groups is 1. The van der Waals surface area contributed by atoms with Crippen LogP contribution in [0.4, 0.5) is 0 Å². The van der Waals surface area contributed by atoms with Gasteiger partial charge in [0.2, 0.25) is 5.91 Å². The lowest BCUT2D eigenvalue weighted by Gasteiger charge is -2.16. The number of aryl methyl sites for hydroxylation is 1. The van der Waals surface area contributed by atoms with Crippen LogP contribution in [0.25, 0.3) is 0 Å². The number of nitrogens with zero attached hydrogens (tertiary/aromatic N) is 1. The van der Waals surface area contributed by atoms with Crippen LogP contribution in [0.1, 0.15) is 11.1 Å². The third kappa shape index (κ3) is 3.36. The first-order valence-corrected chi connectivity index (χ1v) is 5.13. The van der Waals surface area contributed by atoms with Gasteiger partial charge in [0.15, 0.2) is 0 Å². The van der Waals surface area contributed by atoms with Gasteiger partial charge in [0.1, 0.15) is 0 Å². The molecule has 1 aromatic rings. The van der Waals surface area contributed by atoms with Crippen molar-refractivity contribution in [1.82, 2.24) is 4.90 Å². The standard InChI is InChI=1S/C12H18N2O/c1-10-5-3-4-6-11(10)7-8-14(2)12(15)9-13/h3-6H,7-9,13H2,1-2H3. The molecule has 0 aliphatic rings. The summed E-state index contributed by atoms with van der Waals surface area (Å²) in [7, 11) is 1.79. The second kappa shape index (κ2) is 5.51. The van der Waals surface area contributed by atoms with E-state index in [4.69, 9.17) is 5.73 Å². The fourth-order valence-electron chi connectivity index (χ4n) is 1.46. The maximum Gasteiger partial charge on any atom is 0.236 e. The monoisotopic (exact) mass is 206 g/mol. The molecule has 0 heterocycles. The van der Waals surface area contributed by atoms with Crippen LogP contribution in [0.3, 0.4) is 0 Å². The molecule has 0 bridgehead atoms. The lowest BCUT2D eigenvalue weighted by Crippen LogP contribution is -2.34. The van der Waals surface area contributed by atoms with Crippen LogP contribution in [-0.4, -0.2) is 30.9 Å². The fourth-order valence-corrected chi connectivity index (χ4v) is 1.46. The van der Waals surface area contributed by atoms with Crippen molar-refractivity contribution in [2.45, 2.75) is 13.3 Å². The Morgan fingerprint density at radius 2 is 2.07 bits per heavy atom. The Bertz CT molecular complexity index is 336. The van der Waals surface area contributed by atoms with Gasteiger partial charge in [-0.1, -0.05) is 24.3 Å². The van der Waals surface area contributed by atoms with Crippen molar-refractivity contribution in [3.63, 3.8) is 0 Å². The lowest BCUT2D eigenvalue weighted by atomic mass is 10.1. The Kier molecular flexibility index (Phi) is 4.31. The highest BCUT2D eigenvalue weighted by Gasteiger charge is 2.06. The minimum absolute atomic E-state index is 0.0106. The minimum atomic E-state index is -0.0106. The Hall–Kier alpha value is -1.35. The molecule has 3 heteroatoms. The van der Waals surface area contributed by atoms with Crippen LogP contribution in [0.2, 0.25) is 0 Å². The molecule has 82 valence electrons. The molecule has 1 aromatic carbocycles. The predicted molar refractivity (Wildman–Crippen MR) is 61.6 cm³/mol. The van der Waals surface area contributed by atoms with Crippen LogP contribution in [-0.2, 0) is 11.2 Å². The number of hydrogen-bond acceptors (Lipinski definition) is 2. The third-order valence-corrected chi connectivity index (χ3v) is 2.58. The molecule has 0 aliphatic carbocycles. The van der Waals surface area contributed by atoms with Crippen molar-refractivity contribution in [1.29, 1.82) is 0 Å². The number of likely N-dealkylation sites (N-methyl/N-ethyl adjacent to an activating group) is 1. The Morgan fingerprint density at radius 1 is 1.40 bits per heavy atom. The predicted octanol–water partition coefficient (Wildman–Crippen LogP) is 0.955. The summed E-state index contributed by atoms with van der Waals surface area (Å²) in [5.74, 6) is -0.0106. The molecule has 0 unspecified atom stereocenters. The van der Waals surface area contributed by atoms with E-state index in [-0.39, 0.29) is 12.5 Å². The highest BCUT2D eigenvalue weighted by Crippen LogP contribution is 2.07. The first-order valence-electron chi connectivity index (χ1n) is 5.13. The van der Waals surface area contributed by atoms with Crippen molar-refractivity contribution in [2.24, 2.45) is 5.73 Å². The fraction of sp³-hybridized carbons (Fsp3) is 0.417. The molecule has 0 atom stereocenters. The molecule has 0 saturated carbocycles. The first-order chi connectivity index (χ1) is 7.15. The summed E-state index contributed by atoms with van der Waals surface area (Å²) >= 11 is 0. The van der Waals surface area contributed by atoms with Crippen LogP contribution in [0, 0.1) is 6.92 Å². The van der Waals surface area contributed by atoms with Gasteiger partial charge in [-0.3, -0.25) is 4.79 Å². The van der Waals surface area contributed by atoms with Gasteiger partial charge in [0.05, 0.1) is 6.54 Å². The number of carbonyl (C=O) groups excluding carboxylic acids is 1. The van der Waals surface area contributed by atoms with E-state index in [0.29, 0.717) is 0 Å². The van der Waals surface area contributed by atoms with E-state index < -0.39 is 0 Å². The van der Waals surface area contributed by atoms with Crippen molar-refractivity contribution in [2.75, 3.05) is 20.1 Å². The van der Waals surface area contributed by atoms with E-state index in [1.165, 1.54) is 11.1 Å². The van der Waals surface area contributed by atoms with Crippen LogP contribution >= 0.6 is 0 Å². The van der Waals surface area contributed by atoms with Gasteiger partial charge in [0, 0.05) is 13.6 Å². The number of rotatable bonds is 4. The van der Waals surface area contributed by atoms with Gasteiger partial charge in [-0.15, -0.1) is 0 Å². The van der Waals surface area contributed by atoms with Crippen molar-refractivity contribution in [3.05, 3.63) is 35.4 Å². The molecule has 0 saturated heterocycles. The van der Waals surface area contributed by atoms with Crippen molar-refractivity contribution < 1.29 is 4.79 Å². The van der Waals surface area contributed by atoms with Gasteiger partial charge in [-0.05, 0) is 24.5 Å². The molecule has 0 aliphatic heterocycles. The average Bonchev–Trinajstić information content (AvgIpc) is 2.26. The normalized spacial score (nSPS) is 10.1. The summed E-state index contributed by atoms with van der Waals surface area (Å²) in [6.45, 7) is 2.89. The van der Waals surface area contributed by atoms with E-state index in [2.05, 4.69) is 19.1 Å². The van der Waals surface area contributed by atoms with Crippen molar-refractivity contribution >= 4 is 5.91 Å². The minimum Gasteiger partial charge on any atom is -0.344 e. The number of benzene rings is 1. The summed E-state index contributed by atoms with van der Waals surface area (Å²) < 4.78 is 0. The van der Waals surface area contributed by atoms with Gasteiger partial charge in [-0.25, -0.2) is 0 Å². The summed E-state index contributed by atoms with van der Waals surface area (Å²) in [6.07, 6.45) is 0.884. The summed E-state index contributed by atoms with van der Waals surface area (Å²) in [6, 6.07) is 8.22. The molecule has 2 N–H and O–H groups in total. The Morgan fingerprint density at radius 3 is 2.67 bits per heavy atom. The van der Waals surface area contributed by atoms with E-state index in [1.807, 2.05) is 12.1 Å². The SMILES string of the molecule is Cc1ccccc1CCN(C)C(=O)CN. The topological polar surface area (TPSA) is 46.3 Å². The highest BCUT2D eigenvalue weighted by atomic mass is 16.2. The van der Waals surface area contributed by atoms with Gasteiger partial charge in [-0.2, -0.15) is 0 Å². The third-order valence-electron chi connectivity index (χ3n) is 2.58. The Labute approximate surface area is 90.9 Å². The van der Waals surface area contributed by atoms with Gasteiger partial charge >= 0.3 is 0 Å². The van der Waals surface area contributed by atoms with Crippen LogP contribution < -0.4 is 5.73 Å². The summed E-state index contributed by atoms with van der Waals surface area (Å²) in [5.41, 5.74) is 7.84. The van der Waals surface area contributed by atoms with E-state index in [0.717, 1.165) is 13.0 Å². The number of hydrogen-bond donors (Lipinski definition) is 1. The maximum absolute atomic E-state index is 11.2. The molecule has 0 aromatic heterocycles. The van der Waals surface area contributed by atoms with Gasteiger partial charge < -0.3 is 10.6 Å². The maximum atomic E-state index is 11.2. The van der Waals surface area contributed by atoms with Gasteiger partial charge in [0.25, 0.3) is 0 Å². The first kappa shape index (κ1) is 11.7. The van der Waals surface area contributed by atoms with Crippen LogP contribution in [0.5, 0.6) is 0 Å². The molecular formula is C12H18N2O. The largest absolute Gasteiger partial charge is 0.344 e. The molecule has 15 heavy (non-hydrogen) atoms. The smallest absolute Gasteiger partial charge is 0.236 e. The van der Waals surface area contributed by atoms with Crippen molar-refractivity contribution in [3.8, 4) is 0 Å². The molecular weight excluding hydrogens is 188 g/mol.